The van der Waals surface area contributed by atoms with Crippen LogP contribution in [0.2, 0.25) is 0 Å². The van der Waals surface area contributed by atoms with Gasteiger partial charge in [0.1, 0.15) is 6.10 Å². The molecule has 0 aliphatic heterocycles. The number of aliphatic hydroxyl groups excluding tert-OH is 2. The molecule has 0 aromatic carbocycles. The predicted molar refractivity (Wildman–Crippen MR) is 74.4 cm³/mol. The topological polar surface area (TPSA) is 99.7 Å². The molecule has 21 heavy (non-hydrogen) atoms. The van der Waals surface area contributed by atoms with Crippen LogP contribution >= 0.6 is 0 Å². The van der Waals surface area contributed by atoms with E-state index in [2.05, 4.69) is 10.1 Å². The van der Waals surface area contributed by atoms with Gasteiger partial charge in [-0.15, -0.1) is 0 Å². The minimum absolute atomic E-state index is 0.0931. The van der Waals surface area contributed by atoms with Crippen LogP contribution in [-0.2, 0) is 17.6 Å². The van der Waals surface area contributed by atoms with E-state index in [1.165, 1.54) is 4.90 Å². The molecule has 1 fully saturated rings. The Morgan fingerprint density at radius 3 is 2.86 bits per heavy atom. The number of rotatable bonds is 5. The number of aromatic nitrogens is 2. The molecular weight excluding hydrogens is 274 g/mol. The Morgan fingerprint density at radius 2 is 2.19 bits per heavy atom. The van der Waals surface area contributed by atoms with Gasteiger partial charge < -0.3 is 19.6 Å². The van der Waals surface area contributed by atoms with Gasteiger partial charge in [0.05, 0.1) is 12.1 Å². The number of nitrogens with zero attached hydrogens (tertiary/aromatic N) is 3. The predicted octanol–water partition coefficient (Wildman–Crippen LogP) is 0.297. The number of aryl methyl sites for hydroxylation is 2. The molecule has 1 aromatic rings. The van der Waals surface area contributed by atoms with Crippen molar-refractivity contribution in [1.29, 1.82) is 0 Å². The molecule has 1 aliphatic carbocycles. The van der Waals surface area contributed by atoms with Crippen LogP contribution in [-0.4, -0.2) is 56.5 Å². The van der Waals surface area contributed by atoms with E-state index in [1.54, 1.807) is 7.05 Å². The fraction of sp³-hybridized carbons (Fsp3) is 0.786. The fourth-order valence-electron chi connectivity index (χ4n) is 2.67. The molecule has 1 aromatic heterocycles. The first-order valence-corrected chi connectivity index (χ1v) is 7.46. The number of carbonyl (C=O) groups excluding carboxylic acids is 1. The van der Waals surface area contributed by atoms with Crippen molar-refractivity contribution in [3.8, 4) is 0 Å². The zero-order valence-electron chi connectivity index (χ0n) is 12.5. The SMILES string of the molecule is CCc1noc(CCC(=O)N(C)[C@@H]2CCC[C@@H](O)[C@@H]2O)n1. The molecule has 7 heteroatoms. The average molecular weight is 297 g/mol. The Kier molecular flexibility index (Phi) is 5.30. The Labute approximate surface area is 123 Å². The lowest BCUT2D eigenvalue weighted by Gasteiger charge is -2.37. The first-order chi connectivity index (χ1) is 10.0. The highest BCUT2D eigenvalue weighted by atomic mass is 16.5. The summed E-state index contributed by atoms with van der Waals surface area (Å²) in [5.74, 6) is 0.999. The fourth-order valence-corrected chi connectivity index (χ4v) is 2.67. The minimum atomic E-state index is -0.872. The lowest BCUT2D eigenvalue weighted by Crippen LogP contribution is -2.51. The molecule has 118 valence electrons. The lowest BCUT2D eigenvalue weighted by molar-refractivity contribution is -0.138. The van der Waals surface area contributed by atoms with E-state index in [0.717, 1.165) is 6.42 Å². The Morgan fingerprint density at radius 1 is 1.43 bits per heavy atom. The van der Waals surface area contributed by atoms with Crippen LogP contribution in [0.1, 0.15) is 44.3 Å². The Hall–Kier alpha value is -1.47. The summed E-state index contributed by atoms with van der Waals surface area (Å²) in [6, 6.07) is -0.324. The summed E-state index contributed by atoms with van der Waals surface area (Å²) >= 11 is 0. The van der Waals surface area contributed by atoms with Gasteiger partial charge >= 0.3 is 0 Å². The molecule has 1 heterocycles. The highest BCUT2D eigenvalue weighted by Crippen LogP contribution is 2.23. The molecule has 1 saturated carbocycles. The number of carbonyl (C=O) groups is 1. The van der Waals surface area contributed by atoms with Crippen molar-refractivity contribution in [2.24, 2.45) is 0 Å². The highest BCUT2D eigenvalue weighted by Gasteiger charge is 2.34. The van der Waals surface area contributed by atoms with Crippen molar-refractivity contribution < 1.29 is 19.5 Å². The molecule has 0 bridgehead atoms. The van der Waals surface area contributed by atoms with Crippen molar-refractivity contribution in [3.05, 3.63) is 11.7 Å². The van der Waals surface area contributed by atoms with Gasteiger partial charge in [-0.1, -0.05) is 12.1 Å². The maximum absolute atomic E-state index is 12.2. The van der Waals surface area contributed by atoms with Gasteiger partial charge in [-0.25, -0.2) is 0 Å². The molecule has 2 N–H and O–H groups in total. The van der Waals surface area contributed by atoms with Gasteiger partial charge in [0.15, 0.2) is 5.82 Å². The molecule has 0 spiro atoms. The second-order valence-electron chi connectivity index (χ2n) is 5.52. The average Bonchev–Trinajstić information content (AvgIpc) is 2.95. The Bertz CT molecular complexity index is 477. The van der Waals surface area contributed by atoms with Crippen molar-refractivity contribution in [2.45, 2.75) is 63.7 Å². The number of aliphatic hydroxyl groups is 2. The standard InChI is InChI=1S/C14H23N3O4/c1-3-11-15-12(21-16-11)7-8-13(19)17(2)9-5-4-6-10(18)14(9)20/h9-10,14,18,20H,3-8H2,1-2H3/t9-,10-,14-/m1/s1. The number of amides is 1. The van der Waals surface area contributed by atoms with Crippen LogP contribution in [0.15, 0.2) is 4.52 Å². The van der Waals surface area contributed by atoms with Crippen molar-refractivity contribution in [2.75, 3.05) is 7.05 Å². The summed E-state index contributed by atoms with van der Waals surface area (Å²) in [6.45, 7) is 1.93. The summed E-state index contributed by atoms with van der Waals surface area (Å²) in [5.41, 5.74) is 0. The maximum Gasteiger partial charge on any atom is 0.227 e. The number of hydrogen-bond acceptors (Lipinski definition) is 6. The molecular formula is C14H23N3O4. The lowest BCUT2D eigenvalue weighted by atomic mass is 9.89. The molecule has 0 unspecified atom stereocenters. The third-order valence-electron chi connectivity index (χ3n) is 4.06. The molecule has 0 radical (unpaired) electrons. The van der Waals surface area contributed by atoms with Crippen LogP contribution < -0.4 is 0 Å². The molecule has 1 amide bonds. The molecule has 0 saturated heterocycles. The maximum atomic E-state index is 12.2. The minimum Gasteiger partial charge on any atom is -0.390 e. The Balaban J connectivity index is 1.87. The quantitative estimate of drug-likeness (QED) is 0.810. The van der Waals surface area contributed by atoms with E-state index < -0.39 is 12.2 Å². The van der Waals surface area contributed by atoms with Crippen LogP contribution in [0.4, 0.5) is 0 Å². The van der Waals surface area contributed by atoms with Gasteiger partial charge in [-0.3, -0.25) is 4.79 Å². The number of hydrogen-bond donors (Lipinski definition) is 2. The van der Waals surface area contributed by atoms with Crippen LogP contribution in [0.25, 0.3) is 0 Å². The first kappa shape index (κ1) is 15.9. The smallest absolute Gasteiger partial charge is 0.227 e. The molecule has 3 atom stereocenters. The summed E-state index contributed by atoms with van der Waals surface area (Å²) < 4.78 is 5.05. The van der Waals surface area contributed by atoms with Crippen molar-refractivity contribution in [1.82, 2.24) is 15.0 Å². The second kappa shape index (κ2) is 7.00. The van der Waals surface area contributed by atoms with Gasteiger partial charge in [-0.05, 0) is 19.3 Å². The van der Waals surface area contributed by atoms with Crippen LogP contribution in [0.5, 0.6) is 0 Å². The molecule has 2 rings (SSSR count). The van der Waals surface area contributed by atoms with Crippen LogP contribution in [0.3, 0.4) is 0 Å². The van der Waals surface area contributed by atoms with Crippen LogP contribution in [0, 0.1) is 0 Å². The van der Waals surface area contributed by atoms with Crippen molar-refractivity contribution in [3.63, 3.8) is 0 Å². The summed E-state index contributed by atoms with van der Waals surface area (Å²) in [4.78, 5) is 17.9. The highest BCUT2D eigenvalue weighted by molar-refractivity contribution is 5.76. The van der Waals surface area contributed by atoms with Gasteiger partial charge in [-0.2, -0.15) is 4.98 Å². The zero-order valence-corrected chi connectivity index (χ0v) is 12.5. The largest absolute Gasteiger partial charge is 0.390 e. The molecule has 1 aliphatic rings. The third-order valence-corrected chi connectivity index (χ3v) is 4.06. The van der Waals surface area contributed by atoms with E-state index >= 15 is 0 Å². The third kappa shape index (κ3) is 3.79. The normalized spacial score (nSPS) is 25.8. The second-order valence-corrected chi connectivity index (χ2v) is 5.52. The van der Waals surface area contributed by atoms with E-state index in [4.69, 9.17) is 4.52 Å². The van der Waals surface area contributed by atoms with E-state index in [9.17, 15) is 15.0 Å². The molecule has 7 nitrogen and oxygen atoms in total. The van der Waals surface area contributed by atoms with E-state index in [1.807, 2.05) is 6.92 Å². The summed E-state index contributed by atoms with van der Waals surface area (Å²) in [5, 5.41) is 23.5. The summed E-state index contributed by atoms with van der Waals surface area (Å²) in [6.07, 6.45) is 1.82. The monoisotopic (exact) mass is 297 g/mol. The van der Waals surface area contributed by atoms with E-state index in [-0.39, 0.29) is 18.4 Å². The van der Waals surface area contributed by atoms with E-state index in [0.29, 0.717) is 37.4 Å². The van der Waals surface area contributed by atoms with Crippen molar-refractivity contribution >= 4 is 5.91 Å². The first-order valence-electron chi connectivity index (χ1n) is 7.46. The number of likely N-dealkylation sites (N-methyl/N-ethyl adjacent to an activating group) is 1. The summed E-state index contributed by atoms with van der Waals surface area (Å²) in [7, 11) is 1.67. The van der Waals surface area contributed by atoms with Gasteiger partial charge in [0, 0.05) is 26.3 Å². The van der Waals surface area contributed by atoms with Gasteiger partial charge in [0.25, 0.3) is 0 Å². The van der Waals surface area contributed by atoms with Gasteiger partial charge in [0.2, 0.25) is 11.8 Å². The zero-order chi connectivity index (χ0) is 15.4.